The van der Waals surface area contributed by atoms with E-state index in [-0.39, 0.29) is 11.9 Å². The highest BCUT2D eigenvalue weighted by molar-refractivity contribution is 5.91. The fraction of sp³-hybridized carbons (Fsp3) is 0.400. The average molecular weight is 246 g/mol. The standard InChI is InChI=1S/C15H18O3/c1-11-9-13(16)5-8-15(11)18-10-12-3-6-14(17-2)7-4-12/h3-4,6-7,9,15H,5,8,10H2,1-2H3. The van der Waals surface area contributed by atoms with Gasteiger partial charge in [-0.3, -0.25) is 4.79 Å². The molecule has 96 valence electrons. The van der Waals surface area contributed by atoms with Crippen molar-refractivity contribution in [1.29, 1.82) is 0 Å². The molecule has 0 fully saturated rings. The summed E-state index contributed by atoms with van der Waals surface area (Å²) in [7, 11) is 1.65. The number of carbonyl (C=O) groups excluding carboxylic acids is 1. The molecule has 18 heavy (non-hydrogen) atoms. The Bertz CT molecular complexity index is 445. The summed E-state index contributed by atoms with van der Waals surface area (Å²) >= 11 is 0. The molecule has 2 rings (SSSR count). The van der Waals surface area contributed by atoms with Crippen LogP contribution in [0.3, 0.4) is 0 Å². The van der Waals surface area contributed by atoms with Crippen molar-refractivity contribution < 1.29 is 14.3 Å². The first-order valence-corrected chi connectivity index (χ1v) is 6.14. The number of rotatable bonds is 4. The molecule has 0 bridgehead atoms. The maximum atomic E-state index is 11.2. The second-order valence-corrected chi connectivity index (χ2v) is 4.54. The predicted octanol–water partition coefficient (Wildman–Crippen LogP) is 2.89. The van der Waals surface area contributed by atoms with Gasteiger partial charge in [-0.1, -0.05) is 12.1 Å². The SMILES string of the molecule is COc1ccc(COC2CCC(=O)C=C2C)cc1. The van der Waals surface area contributed by atoms with E-state index in [1.807, 2.05) is 31.2 Å². The predicted molar refractivity (Wildman–Crippen MR) is 69.6 cm³/mol. The second-order valence-electron chi connectivity index (χ2n) is 4.54. The molecule has 1 aliphatic carbocycles. The van der Waals surface area contributed by atoms with Crippen LogP contribution in [0.5, 0.6) is 5.75 Å². The molecule has 0 saturated heterocycles. The zero-order valence-electron chi connectivity index (χ0n) is 10.8. The lowest BCUT2D eigenvalue weighted by molar-refractivity contribution is -0.116. The number of carbonyl (C=O) groups is 1. The zero-order valence-corrected chi connectivity index (χ0v) is 10.8. The van der Waals surface area contributed by atoms with E-state index < -0.39 is 0 Å². The fourth-order valence-corrected chi connectivity index (χ4v) is 2.05. The first-order chi connectivity index (χ1) is 8.69. The van der Waals surface area contributed by atoms with Crippen molar-refractivity contribution in [2.75, 3.05) is 7.11 Å². The Balaban J connectivity index is 1.91. The third-order valence-corrected chi connectivity index (χ3v) is 3.16. The van der Waals surface area contributed by atoms with Gasteiger partial charge in [0, 0.05) is 6.42 Å². The molecule has 0 N–H and O–H groups in total. The van der Waals surface area contributed by atoms with Crippen LogP contribution in [0.25, 0.3) is 0 Å². The Morgan fingerprint density at radius 2 is 2.00 bits per heavy atom. The Hall–Kier alpha value is -1.61. The van der Waals surface area contributed by atoms with Gasteiger partial charge in [-0.25, -0.2) is 0 Å². The Kier molecular flexibility index (Phi) is 4.15. The van der Waals surface area contributed by atoms with Gasteiger partial charge in [0.25, 0.3) is 0 Å². The van der Waals surface area contributed by atoms with Gasteiger partial charge >= 0.3 is 0 Å². The van der Waals surface area contributed by atoms with Gasteiger partial charge in [-0.05, 0) is 42.7 Å². The van der Waals surface area contributed by atoms with Crippen LogP contribution in [0.2, 0.25) is 0 Å². The number of ether oxygens (including phenoxy) is 2. The lowest BCUT2D eigenvalue weighted by atomic mass is 9.97. The highest BCUT2D eigenvalue weighted by Crippen LogP contribution is 2.21. The second kappa shape index (κ2) is 5.83. The molecule has 0 spiro atoms. The average Bonchev–Trinajstić information content (AvgIpc) is 2.38. The molecular formula is C15H18O3. The Morgan fingerprint density at radius 1 is 1.28 bits per heavy atom. The van der Waals surface area contributed by atoms with Gasteiger partial charge in [-0.15, -0.1) is 0 Å². The molecule has 1 aliphatic rings. The molecule has 0 radical (unpaired) electrons. The highest BCUT2D eigenvalue weighted by Gasteiger charge is 2.18. The quantitative estimate of drug-likeness (QED) is 0.819. The minimum absolute atomic E-state index is 0.0739. The van der Waals surface area contributed by atoms with Gasteiger partial charge in [0.15, 0.2) is 5.78 Å². The van der Waals surface area contributed by atoms with Crippen molar-refractivity contribution in [1.82, 2.24) is 0 Å². The van der Waals surface area contributed by atoms with Crippen LogP contribution in [-0.4, -0.2) is 19.0 Å². The molecule has 1 aromatic carbocycles. The highest BCUT2D eigenvalue weighted by atomic mass is 16.5. The van der Waals surface area contributed by atoms with Crippen molar-refractivity contribution in [2.24, 2.45) is 0 Å². The Morgan fingerprint density at radius 3 is 2.61 bits per heavy atom. The Labute approximate surface area is 107 Å². The summed E-state index contributed by atoms with van der Waals surface area (Å²) in [5.74, 6) is 1.05. The lowest BCUT2D eigenvalue weighted by Crippen LogP contribution is -2.20. The number of hydrogen-bond donors (Lipinski definition) is 0. The molecule has 0 aromatic heterocycles. The van der Waals surface area contributed by atoms with Crippen LogP contribution in [0.15, 0.2) is 35.9 Å². The van der Waals surface area contributed by atoms with Crippen LogP contribution < -0.4 is 4.74 Å². The van der Waals surface area contributed by atoms with Crippen molar-refractivity contribution in [3.05, 3.63) is 41.5 Å². The number of ketones is 1. The molecule has 1 unspecified atom stereocenters. The summed E-state index contributed by atoms with van der Waals surface area (Å²) in [6, 6.07) is 7.83. The zero-order chi connectivity index (χ0) is 13.0. The molecule has 1 aromatic rings. The third-order valence-electron chi connectivity index (χ3n) is 3.16. The van der Waals surface area contributed by atoms with Gasteiger partial charge in [-0.2, -0.15) is 0 Å². The molecule has 0 aliphatic heterocycles. The molecule has 0 heterocycles. The molecule has 1 atom stereocenters. The van der Waals surface area contributed by atoms with Gasteiger partial charge in [0.1, 0.15) is 5.75 Å². The normalized spacial score (nSPS) is 19.6. The van der Waals surface area contributed by atoms with Crippen molar-refractivity contribution >= 4 is 5.78 Å². The summed E-state index contributed by atoms with van der Waals surface area (Å²) in [4.78, 5) is 11.2. The monoisotopic (exact) mass is 246 g/mol. The topological polar surface area (TPSA) is 35.5 Å². The van der Waals surface area contributed by atoms with Gasteiger partial charge in [0.05, 0.1) is 19.8 Å². The largest absolute Gasteiger partial charge is 0.497 e. The van der Waals surface area contributed by atoms with E-state index in [0.717, 1.165) is 23.3 Å². The summed E-state index contributed by atoms with van der Waals surface area (Å²) in [5, 5.41) is 0. The van der Waals surface area contributed by atoms with Crippen LogP contribution in [0, 0.1) is 0 Å². The van der Waals surface area contributed by atoms with Crippen LogP contribution in [0.1, 0.15) is 25.3 Å². The molecule has 0 saturated carbocycles. The van der Waals surface area contributed by atoms with E-state index in [4.69, 9.17) is 9.47 Å². The van der Waals surface area contributed by atoms with Crippen LogP contribution >= 0.6 is 0 Å². The number of methoxy groups -OCH3 is 1. The van der Waals surface area contributed by atoms with Crippen molar-refractivity contribution in [3.63, 3.8) is 0 Å². The molecule has 3 nitrogen and oxygen atoms in total. The molecule has 0 amide bonds. The van der Waals surface area contributed by atoms with E-state index in [2.05, 4.69) is 0 Å². The summed E-state index contributed by atoms with van der Waals surface area (Å²) in [6.45, 7) is 2.52. The van der Waals surface area contributed by atoms with Gasteiger partial charge < -0.3 is 9.47 Å². The summed E-state index contributed by atoms with van der Waals surface area (Å²) in [6.07, 6.45) is 3.15. The first kappa shape index (κ1) is 12.8. The summed E-state index contributed by atoms with van der Waals surface area (Å²) in [5.41, 5.74) is 2.14. The number of allylic oxidation sites excluding steroid dienone is 1. The minimum atomic E-state index is 0.0739. The smallest absolute Gasteiger partial charge is 0.155 e. The van der Waals surface area contributed by atoms with Crippen molar-refractivity contribution in [3.8, 4) is 5.75 Å². The number of benzene rings is 1. The maximum absolute atomic E-state index is 11.2. The van der Waals surface area contributed by atoms with E-state index in [9.17, 15) is 4.79 Å². The fourth-order valence-electron chi connectivity index (χ4n) is 2.05. The van der Waals surface area contributed by atoms with E-state index in [1.165, 1.54) is 0 Å². The first-order valence-electron chi connectivity index (χ1n) is 6.14. The summed E-state index contributed by atoms with van der Waals surface area (Å²) < 4.78 is 10.9. The molecule has 3 heteroatoms. The van der Waals surface area contributed by atoms with E-state index in [1.54, 1.807) is 13.2 Å². The van der Waals surface area contributed by atoms with Gasteiger partial charge in [0.2, 0.25) is 0 Å². The van der Waals surface area contributed by atoms with E-state index >= 15 is 0 Å². The van der Waals surface area contributed by atoms with Crippen LogP contribution in [-0.2, 0) is 16.1 Å². The lowest BCUT2D eigenvalue weighted by Gasteiger charge is -2.21. The van der Waals surface area contributed by atoms with Crippen LogP contribution in [0.4, 0.5) is 0 Å². The van der Waals surface area contributed by atoms with Crippen molar-refractivity contribution in [2.45, 2.75) is 32.5 Å². The maximum Gasteiger partial charge on any atom is 0.155 e. The number of hydrogen-bond acceptors (Lipinski definition) is 3. The third kappa shape index (κ3) is 3.20. The van der Waals surface area contributed by atoms with E-state index in [0.29, 0.717) is 13.0 Å². The minimum Gasteiger partial charge on any atom is -0.497 e. The molecular weight excluding hydrogens is 228 g/mol.